The minimum Gasteiger partial charge on any atom is -0.481 e. The monoisotopic (exact) mass is 346 g/mol. The molecule has 2 fully saturated rings. The van der Waals surface area contributed by atoms with Crippen molar-refractivity contribution < 1.29 is 19.1 Å². The molecule has 0 unspecified atom stereocenters. The first kappa shape index (κ1) is 15.4. The van der Waals surface area contributed by atoms with E-state index in [9.17, 15) is 14.7 Å². The average Bonchev–Trinajstić information content (AvgIpc) is 2.99. The van der Waals surface area contributed by atoms with Crippen LogP contribution in [-0.2, 0) is 4.79 Å². The van der Waals surface area contributed by atoms with Crippen LogP contribution in [0.2, 0.25) is 0 Å². The minimum atomic E-state index is -0.798. The molecule has 126 valence electrons. The van der Waals surface area contributed by atoms with Crippen molar-refractivity contribution in [3.63, 3.8) is 0 Å². The van der Waals surface area contributed by atoms with Gasteiger partial charge in [-0.1, -0.05) is 0 Å². The Morgan fingerprint density at radius 3 is 2.79 bits per heavy atom. The van der Waals surface area contributed by atoms with E-state index in [0.717, 1.165) is 17.7 Å². The maximum atomic E-state index is 12.9. The lowest BCUT2D eigenvalue weighted by atomic mass is 9.92. The number of carbonyl (C=O) groups excluding carboxylic acids is 1. The van der Waals surface area contributed by atoms with Crippen molar-refractivity contribution in [3.8, 4) is 10.8 Å². The number of furan rings is 1. The zero-order valence-electron chi connectivity index (χ0n) is 13.3. The highest BCUT2D eigenvalue weighted by Gasteiger charge is 2.47. The van der Waals surface area contributed by atoms with Crippen molar-refractivity contribution in [1.29, 1.82) is 0 Å². The maximum absolute atomic E-state index is 12.9. The van der Waals surface area contributed by atoms with Crippen LogP contribution < -0.4 is 0 Å². The van der Waals surface area contributed by atoms with Crippen LogP contribution in [0, 0.1) is 24.7 Å². The van der Waals surface area contributed by atoms with Gasteiger partial charge in [0.15, 0.2) is 10.8 Å². The van der Waals surface area contributed by atoms with Crippen molar-refractivity contribution in [2.75, 3.05) is 13.1 Å². The van der Waals surface area contributed by atoms with Crippen LogP contribution in [0.3, 0.4) is 0 Å². The fraction of sp³-hybridized carbons (Fsp3) is 0.471. The first-order valence-corrected chi connectivity index (χ1v) is 8.89. The summed E-state index contributed by atoms with van der Waals surface area (Å²) in [4.78, 5) is 31.3. The molecule has 1 amide bonds. The molecule has 1 aliphatic carbocycles. The predicted molar refractivity (Wildman–Crippen MR) is 87.8 cm³/mol. The molecule has 0 radical (unpaired) electrons. The number of thiazole rings is 1. The first-order chi connectivity index (χ1) is 11.5. The summed E-state index contributed by atoms with van der Waals surface area (Å²) in [7, 11) is 0. The summed E-state index contributed by atoms with van der Waals surface area (Å²) in [6.45, 7) is 2.66. The lowest BCUT2D eigenvalue weighted by molar-refractivity contribution is -0.142. The second-order valence-electron chi connectivity index (χ2n) is 6.56. The standard InChI is InChI=1S/C17H18N2O4S/c1-9-14(18-15(24-9)13-3-2-6-23-13)16(20)19-7-11(10-4-5-10)12(8-19)17(21)22/h2-3,6,10-12H,4-5,7-8H2,1H3,(H,21,22)/t11-,12+/m1/s1. The molecular weight excluding hydrogens is 328 g/mol. The molecule has 4 rings (SSSR count). The number of likely N-dealkylation sites (tertiary alicyclic amines) is 1. The van der Waals surface area contributed by atoms with E-state index >= 15 is 0 Å². The molecule has 2 aromatic rings. The van der Waals surface area contributed by atoms with Gasteiger partial charge < -0.3 is 14.4 Å². The van der Waals surface area contributed by atoms with E-state index < -0.39 is 11.9 Å². The Kier molecular flexibility index (Phi) is 3.68. The molecule has 1 N–H and O–H groups in total. The number of hydrogen-bond donors (Lipinski definition) is 1. The fourth-order valence-corrected chi connectivity index (χ4v) is 4.38. The summed E-state index contributed by atoms with van der Waals surface area (Å²) in [6, 6.07) is 3.59. The topological polar surface area (TPSA) is 83.6 Å². The number of carboxylic acids is 1. The predicted octanol–water partition coefficient (Wildman–Crippen LogP) is 2.89. The normalized spacial score (nSPS) is 23.6. The Labute approximate surface area is 143 Å². The van der Waals surface area contributed by atoms with E-state index in [1.807, 2.05) is 13.0 Å². The quantitative estimate of drug-likeness (QED) is 0.920. The average molecular weight is 346 g/mol. The van der Waals surface area contributed by atoms with Gasteiger partial charge >= 0.3 is 5.97 Å². The number of hydrogen-bond acceptors (Lipinski definition) is 5. The molecule has 1 saturated heterocycles. The lowest BCUT2D eigenvalue weighted by Gasteiger charge is -2.15. The Bertz CT molecular complexity index is 779. The molecule has 2 aliphatic rings. The smallest absolute Gasteiger partial charge is 0.308 e. The van der Waals surface area contributed by atoms with E-state index in [1.165, 1.54) is 11.3 Å². The number of aryl methyl sites for hydroxylation is 1. The summed E-state index contributed by atoms with van der Waals surface area (Å²) >= 11 is 1.42. The van der Waals surface area contributed by atoms with Crippen molar-refractivity contribution >= 4 is 23.2 Å². The molecule has 6 nitrogen and oxygen atoms in total. The van der Waals surface area contributed by atoms with Gasteiger partial charge in [-0.2, -0.15) is 0 Å². The van der Waals surface area contributed by atoms with Crippen LogP contribution in [0.4, 0.5) is 0 Å². The molecule has 1 aliphatic heterocycles. The van der Waals surface area contributed by atoms with E-state index in [2.05, 4.69) is 4.98 Å². The molecule has 7 heteroatoms. The summed E-state index contributed by atoms with van der Waals surface area (Å²) in [6.07, 6.45) is 3.73. The van der Waals surface area contributed by atoms with Gasteiger partial charge in [0.2, 0.25) is 0 Å². The van der Waals surface area contributed by atoms with Crippen LogP contribution in [0.25, 0.3) is 10.8 Å². The maximum Gasteiger partial charge on any atom is 0.308 e. The van der Waals surface area contributed by atoms with Gasteiger partial charge in [-0.25, -0.2) is 4.98 Å². The third-order valence-corrected chi connectivity index (χ3v) is 5.91. The van der Waals surface area contributed by atoms with Crippen molar-refractivity contribution in [1.82, 2.24) is 9.88 Å². The molecule has 2 aromatic heterocycles. The van der Waals surface area contributed by atoms with Crippen molar-refractivity contribution in [3.05, 3.63) is 29.0 Å². The van der Waals surface area contributed by atoms with E-state index in [0.29, 0.717) is 28.9 Å². The molecule has 0 spiro atoms. The highest BCUT2D eigenvalue weighted by molar-refractivity contribution is 7.15. The molecule has 1 saturated carbocycles. The highest BCUT2D eigenvalue weighted by Crippen LogP contribution is 2.44. The Hall–Kier alpha value is -2.15. The third-order valence-electron chi connectivity index (χ3n) is 4.93. The molecule has 2 atom stereocenters. The number of rotatable bonds is 4. The molecule has 24 heavy (non-hydrogen) atoms. The van der Waals surface area contributed by atoms with Crippen LogP contribution in [0.5, 0.6) is 0 Å². The summed E-state index contributed by atoms with van der Waals surface area (Å²) in [5.41, 5.74) is 0.409. The zero-order valence-corrected chi connectivity index (χ0v) is 14.1. The number of nitrogens with zero attached hydrogens (tertiary/aromatic N) is 2. The van der Waals surface area contributed by atoms with Crippen LogP contribution in [0.1, 0.15) is 28.2 Å². The van der Waals surface area contributed by atoms with Gasteiger partial charge in [-0.15, -0.1) is 11.3 Å². The number of carbonyl (C=O) groups is 2. The van der Waals surface area contributed by atoms with E-state index in [-0.39, 0.29) is 18.4 Å². The zero-order chi connectivity index (χ0) is 16.8. The SMILES string of the molecule is Cc1sc(-c2ccco2)nc1C(=O)N1C[C@H](C(=O)O)[C@@H](C2CC2)C1. The number of amides is 1. The van der Waals surface area contributed by atoms with Crippen molar-refractivity contribution in [2.24, 2.45) is 17.8 Å². The molecule has 3 heterocycles. The minimum absolute atomic E-state index is 0.0786. The fourth-order valence-electron chi connectivity index (χ4n) is 3.51. The van der Waals surface area contributed by atoms with Gasteiger partial charge in [0, 0.05) is 18.0 Å². The number of carboxylic acid groups (broad SMARTS) is 1. The van der Waals surface area contributed by atoms with Crippen molar-refractivity contribution in [2.45, 2.75) is 19.8 Å². The molecular formula is C17H18N2O4S. The Morgan fingerprint density at radius 2 is 2.17 bits per heavy atom. The highest BCUT2D eigenvalue weighted by atomic mass is 32.1. The summed E-state index contributed by atoms with van der Waals surface area (Å²) in [5.74, 6) is -0.244. The number of aliphatic carboxylic acids is 1. The lowest BCUT2D eigenvalue weighted by Crippen LogP contribution is -2.30. The third kappa shape index (κ3) is 2.62. The Morgan fingerprint density at radius 1 is 1.38 bits per heavy atom. The van der Waals surface area contributed by atoms with Crippen LogP contribution in [0.15, 0.2) is 22.8 Å². The molecule has 0 bridgehead atoms. The first-order valence-electron chi connectivity index (χ1n) is 8.08. The van der Waals surface area contributed by atoms with Gasteiger partial charge in [0.05, 0.1) is 12.2 Å². The second-order valence-corrected chi connectivity index (χ2v) is 7.76. The second kappa shape index (κ2) is 5.73. The van der Waals surface area contributed by atoms with Gasteiger partial charge in [0.1, 0.15) is 5.69 Å². The van der Waals surface area contributed by atoms with E-state index in [4.69, 9.17) is 4.42 Å². The molecule has 0 aromatic carbocycles. The van der Waals surface area contributed by atoms with Gasteiger partial charge in [0.25, 0.3) is 5.91 Å². The van der Waals surface area contributed by atoms with Crippen LogP contribution in [-0.4, -0.2) is 40.0 Å². The largest absolute Gasteiger partial charge is 0.481 e. The van der Waals surface area contributed by atoms with Crippen LogP contribution >= 0.6 is 11.3 Å². The van der Waals surface area contributed by atoms with E-state index in [1.54, 1.807) is 17.2 Å². The Balaban J connectivity index is 1.57. The number of aromatic nitrogens is 1. The van der Waals surface area contributed by atoms with Gasteiger partial charge in [-0.3, -0.25) is 9.59 Å². The summed E-state index contributed by atoms with van der Waals surface area (Å²) in [5, 5.41) is 10.1. The van der Waals surface area contributed by atoms with Gasteiger partial charge in [-0.05, 0) is 43.7 Å². The summed E-state index contributed by atoms with van der Waals surface area (Å²) < 4.78 is 5.34.